The minimum absolute atomic E-state index is 0.0677. The van der Waals surface area contributed by atoms with Gasteiger partial charge in [-0.3, -0.25) is 0 Å². The van der Waals surface area contributed by atoms with Gasteiger partial charge in [0.1, 0.15) is 5.82 Å². The highest BCUT2D eigenvalue weighted by Crippen LogP contribution is 2.22. The van der Waals surface area contributed by atoms with Crippen LogP contribution in [0.5, 0.6) is 0 Å². The highest BCUT2D eigenvalue weighted by molar-refractivity contribution is 7.89. The van der Waals surface area contributed by atoms with E-state index >= 15 is 0 Å². The standard InChI is InChI=1S/C21H18FN3O3S/c1-25(29(26,27)17-11-10-15-6-2-3-7-16(15)14-17)13-12-20-23-21(28-24-20)18-8-4-5-9-19(18)22/h2-11,14H,12-13H2,1H3. The van der Waals surface area contributed by atoms with Gasteiger partial charge in [-0.25, -0.2) is 17.1 Å². The van der Waals surface area contributed by atoms with E-state index in [0.717, 1.165) is 10.8 Å². The molecule has 3 aromatic carbocycles. The summed E-state index contributed by atoms with van der Waals surface area (Å²) in [4.78, 5) is 4.39. The molecule has 148 valence electrons. The van der Waals surface area contributed by atoms with Crippen molar-refractivity contribution in [2.45, 2.75) is 11.3 Å². The molecule has 0 saturated carbocycles. The zero-order valence-electron chi connectivity index (χ0n) is 15.6. The molecule has 6 nitrogen and oxygen atoms in total. The smallest absolute Gasteiger partial charge is 0.260 e. The maximum absolute atomic E-state index is 13.8. The predicted octanol–water partition coefficient (Wildman–Crippen LogP) is 3.89. The number of nitrogens with zero attached hydrogens (tertiary/aromatic N) is 3. The summed E-state index contributed by atoms with van der Waals surface area (Å²) in [6, 6.07) is 18.7. The van der Waals surface area contributed by atoms with Crippen molar-refractivity contribution < 1.29 is 17.3 Å². The lowest BCUT2D eigenvalue weighted by atomic mass is 10.1. The second-order valence-electron chi connectivity index (χ2n) is 6.58. The lowest BCUT2D eigenvalue weighted by Crippen LogP contribution is -2.29. The van der Waals surface area contributed by atoms with Crippen LogP contribution in [0.4, 0.5) is 4.39 Å². The molecule has 0 aliphatic carbocycles. The maximum Gasteiger partial charge on any atom is 0.260 e. The molecular formula is C21H18FN3O3S. The molecule has 0 saturated heterocycles. The fourth-order valence-corrected chi connectivity index (χ4v) is 4.19. The monoisotopic (exact) mass is 411 g/mol. The SMILES string of the molecule is CN(CCc1noc(-c2ccccc2F)n1)S(=O)(=O)c1ccc2ccccc2c1. The summed E-state index contributed by atoms with van der Waals surface area (Å²) in [6.45, 7) is 0.158. The van der Waals surface area contributed by atoms with Crippen LogP contribution < -0.4 is 0 Å². The number of halogens is 1. The van der Waals surface area contributed by atoms with Gasteiger partial charge in [-0.15, -0.1) is 0 Å². The van der Waals surface area contributed by atoms with E-state index in [1.54, 1.807) is 36.4 Å². The highest BCUT2D eigenvalue weighted by Gasteiger charge is 2.22. The molecule has 1 aromatic heterocycles. The Morgan fingerprint density at radius 1 is 1.00 bits per heavy atom. The van der Waals surface area contributed by atoms with Crippen LogP contribution >= 0.6 is 0 Å². The van der Waals surface area contributed by atoms with Crippen molar-refractivity contribution in [2.24, 2.45) is 0 Å². The molecule has 4 aromatic rings. The van der Waals surface area contributed by atoms with E-state index in [1.165, 1.54) is 17.4 Å². The summed E-state index contributed by atoms with van der Waals surface area (Å²) in [7, 11) is -2.16. The second-order valence-corrected chi connectivity index (χ2v) is 8.63. The van der Waals surface area contributed by atoms with Crippen LogP contribution in [0.15, 0.2) is 76.1 Å². The van der Waals surface area contributed by atoms with E-state index in [4.69, 9.17) is 4.52 Å². The number of benzene rings is 3. The van der Waals surface area contributed by atoms with Crippen molar-refractivity contribution in [3.05, 3.63) is 78.4 Å². The molecule has 0 radical (unpaired) electrons. The maximum atomic E-state index is 13.8. The Morgan fingerprint density at radius 2 is 1.72 bits per heavy atom. The molecule has 4 rings (SSSR count). The van der Waals surface area contributed by atoms with Crippen molar-refractivity contribution in [1.29, 1.82) is 0 Å². The van der Waals surface area contributed by atoms with Crippen LogP contribution in [0.1, 0.15) is 5.82 Å². The highest BCUT2D eigenvalue weighted by atomic mass is 32.2. The summed E-state index contributed by atoms with van der Waals surface area (Å²) < 4.78 is 46.0. The van der Waals surface area contributed by atoms with E-state index in [9.17, 15) is 12.8 Å². The molecular weight excluding hydrogens is 393 g/mol. The minimum Gasteiger partial charge on any atom is -0.334 e. The molecule has 1 heterocycles. The molecule has 0 spiro atoms. The molecule has 0 N–H and O–H groups in total. The Kier molecular flexibility index (Phi) is 5.12. The van der Waals surface area contributed by atoms with Crippen molar-refractivity contribution in [2.75, 3.05) is 13.6 Å². The van der Waals surface area contributed by atoms with Crippen LogP contribution in [-0.4, -0.2) is 36.5 Å². The first-order valence-electron chi connectivity index (χ1n) is 8.98. The molecule has 0 aliphatic rings. The minimum atomic E-state index is -3.67. The van der Waals surface area contributed by atoms with Gasteiger partial charge in [0.25, 0.3) is 5.89 Å². The molecule has 0 bridgehead atoms. The van der Waals surface area contributed by atoms with Gasteiger partial charge >= 0.3 is 0 Å². The number of hydrogen-bond acceptors (Lipinski definition) is 5. The van der Waals surface area contributed by atoms with E-state index in [-0.39, 0.29) is 29.3 Å². The first kappa shape index (κ1) is 19.2. The third-order valence-corrected chi connectivity index (χ3v) is 6.50. The van der Waals surface area contributed by atoms with Crippen LogP contribution in [0, 0.1) is 5.82 Å². The average molecular weight is 411 g/mol. The van der Waals surface area contributed by atoms with Gasteiger partial charge in [0, 0.05) is 20.0 Å². The fraction of sp³-hybridized carbons (Fsp3) is 0.143. The van der Waals surface area contributed by atoms with Crippen molar-refractivity contribution >= 4 is 20.8 Å². The largest absolute Gasteiger partial charge is 0.334 e. The molecule has 29 heavy (non-hydrogen) atoms. The molecule has 0 atom stereocenters. The third kappa shape index (κ3) is 3.90. The summed E-state index contributed by atoms with van der Waals surface area (Å²) in [6.07, 6.45) is 0.237. The van der Waals surface area contributed by atoms with Gasteiger partial charge in [-0.1, -0.05) is 47.6 Å². The first-order valence-corrected chi connectivity index (χ1v) is 10.4. The molecule has 0 unspecified atom stereocenters. The zero-order chi connectivity index (χ0) is 20.4. The molecule has 8 heteroatoms. The van der Waals surface area contributed by atoms with Crippen LogP contribution in [0.3, 0.4) is 0 Å². The predicted molar refractivity (Wildman–Crippen MR) is 107 cm³/mol. The zero-order valence-corrected chi connectivity index (χ0v) is 16.4. The Morgan fingerprint density at radius 3 is 2.52 bits per heavy atom. The van der Waals surface area contributed by atoms with Gasteiger partial charge in [-0.2, -0.15) is 4.98 Å². The topological polar surface area (TPSA) is 76.3 Å². The van der Waals surface area contributed by atoms with Gasteiger partial charge in [-0.05, 0) is 35.0 Å². The third-order valence-electron chi connectivity index (χ3n) is 4.65. The van der Waals surface area contributed by atoms with Crippen molar-refractivity contribution in [1.82, 2.24) is 14.4 Å². The van der Waals surface area contributed by atoms with Crippen molar-refractivity contribution in [3.8, 4) is 11.5 Å². The molecule has 0 amide bonds. The number of fused-ring (bicyclic) bond motifs is 1. The van der Waals surface area contributed by atoms with Crippen molar-refractivity contribution in [3.63, 3.8) is 0 Å². The Labute approximate surface area is 167 Å². The Bertz CT molecular complexity index is 1270. The van der Waals surface area contributed by atoms with Crippen LogP contribution in [-0.2, 0) is 16.4 Å². The lowest BCUT2D eigenvalue weighted by Gasteiger charge is -2.16. The summed E-state index contributed by atoms with van der Waals surface area (Å²) in [5.41, 5.74) is 0.211. The van der Waals surface area contributed by atoms with E-state index in [0.29, 0.717) is 5.82 Å². The van der Waals surface area contributed by atoms with Gasteiger partial charge in [0.2, 0.25) is 10.0 Å². The van der Waals surface area contributed by atoms with Crippen LogP contribution in [0.2, 0.25) is 0 Å². The van der Waals surface area contributed by atoms with Gasteiger partial charge in [0.15, 0.2) is 5.82 Å². The summed E-state index contributed by atoms with van der Waals surface area (Å²) >= 11 is 0. The quantitative estimate of drug-likeness (QED) is 0.481. The van der Waals surface area contributed by atoms with E-state index in [2.05, 4.69) is 10.1 Å². The first-order chi connectivity index (χ1) is 13.9. The van der Waals surface area contributed by atoms with Gasteiger partial charge in [0.05, 0.1) is 10.5 Å². The fourth-order valence-electron chi connectivity index (χ4n) is 2.98. The number of aromatic nitrogens is 2. The lowest BCUT2D eigenvalue weighted by molar-refractivity contribution is 0.413. The normalized spacial score (nSPS) is 12.0. The number of rotatable bonds is 6. The number of hydrogen-bond donors (Lipinski definition) is 0. The Hall–Kier alpha value is -3.10. The number of likely N-dealkylation sites (N-methyl/N-ethyl adjacent to an activating group) is 1. The Balaban J connectivity index is 1.49. The van der Waals surface area contributed by atoms with E-state index < -0.39 is 15.8 Å². The molecule has 0 fully saturated rings. The molecule has 0 aliphatic heterocycles. The van der Waals surface area contributed by atoms with Gasteiger partial charge < -0.3 is 4.52 Å². The number of sulfonamides is 1. The van der Waals surface area contributed by atoms with Crippen LogP contribution in [0.25, 0.3) is 22.2 Å². The second kappa shape index (κ2) is 7.73. The summed E-state index contributed by atoms with van der Waals surface area (Å²) in [5, 5.41) is 5.66. The van der Waals surface area contributed by atoms with E-state index in [1.807, 2.05) is 24.3 Å². The average Bonchev–Trinajstić information content (AvgIpc) is 3.20. The summed E-state index contributed by atoms with van der Waals surface area (Å²) in [5.74, 6) is -0.0827.